The molecule has 18 heavy (non-hydrogen) atoms. The zero-order chi connectivity index (χ0) is 11.7. The van der Waals surface area contributed by atoms with E-state index < -0.39 is 0 Å². The van der Waals surface area contributed by atoms with Gasteiger partial charge in [0.05, 0.1) is 19.3 Å². The van der Waals surface area contributed by atoms with Crippen molar-refractivity contribution >= 4 is 23.2 Å². The Morgan fingerprint density at radius 2 is 2.00 bits per heavy atom. The summed E-state index contributed by atoms with van der Waals surface area (Å²) in [5.41, 5.74) is 0.947. The van der Waals surface area contributed by atoms with Crippen molar-refractivity contribution in [3.8, 4) is 5.75 Å². The van der Waals surface area contributed by atoms with Crippen LogP contribution in [0.3, 0.4) is 0 Å². The lowest BCUT2D eigenvalue weighted by molar-refractivity contribution is 0.0765. The summed E-state index contributed by atoms with van der Waals surface area (Å²) >= 11 is 0. The Kier molecular flexibility index (Phi) is 4.07. The fraction of sp³-hybridized carbons (Fsp3) is 0.286. The molecule has 3 rings (SSSR count). The molecule has 2 N–H and O–H groups in total. The van der Waals surface area contributed by atoms with Gasteiger partial charge in [0, 0.05) is 12.1 Å². The molecule has 1 saturated heterocycles. The number of ether oxygens (including phenoxy) is 1. The molecule has 3 nitrogen and oxygen atoms in total. The predicted molar refractivity (Wildman–Crippen MR) is 74.4 cm³/mol. The Morgan fingerprint density at radius 3 is 2.78 bits per heavy atom. The number of fused-ring (bicyclic) bond motifs is 1. The van der Waals surface area contributed by atoms with Gasteiger partial charge in [-0.2, -0.15) is 0 Å². The van der Waals surface area contributed by atoms with Gasteiger partial charge in [0.25, 0.3) is 0 Å². The smallest absolute Gasteiger partial charge is 0.121 e. The van der Waals surface area contributed by atoms with E-state index in [4.69, 9.17) is 4.74 Å². The summed E-state index contributed by atoms with van der Waals surface area (Å²) in [6.45, 7) is 2.18. The molecule has 0 saturated carbocycles. The fourth-order valence-electron chi connectivity index (χ4n) is 2.40. The highest BCUT2D eigenvalue weighted by molar-refractivity contribution is 5.88. The van der Waals surface area contributed by atoms with Gasteiger partial charge in [-0.25, -0.2) is 0 Å². The lowest BCUT2D eigenvalue weighted by Crippen LogP contribution is -2.34. The van der Waals surface area contributed by atoms with E-state index in [2.05, 4.69) is 11.4 Å². The van der Waals surface area contributed by atoms with Gasteiger partial charge in [0.2, 0.25) is 0 Å². The first-order valence-electron chi connectivity index (χ1n) is 5.88. The Balaban J connectivity index is 0.00000120. The van der Waals surface area contributed by atoms with Crippen LogP contribution in [0.5, 0.6) is 5.75 Å². The van der Waals surface area contributed by atoms with Crippen molar-refractivity contribution < 1.29 is 9.84 Å². The number of nitrogens with one attached hydrogen (secondary N) is 1. The highest BCUT2D eigenvalue weighted by Crippen LogP contribution is 2.33. The molecule has 4 heteroatoms. The second kappa shape index (κ2) is 5.57. The van der Waals surface area contributed by atoms with Crippen LogP contribution in [-0.4, -0.2) is 24.9 Å². The summed E-state index contributed by atoms with van der Waals surface area (Å²) in [6, 6.07) is 11.9. The van der Waals surface area contributed by atoms with Gasteiger partial charge >= 0.3 is 0 Å². The Hall–Kier alpha value is -1.29. The Labute approximate surface area is 112 Å². The molecule has 0 spiro atoms. The summed E-state index contributed by atoms with van der Waals surface area (Å²) in [6.07, 6.45) is 0. The van der Waals surface area contributed by atoms with Crippen LogP contribution in [-0.2, 0) is 4.74 Å². The monoisotopic (exact) mass is 265 g/mol. The molecule has 0 unspecified atom stereocenters. The highest BCUT2D eigenvalue weighted by atomic mass is 35.5. The van der Waals surface area contributed by atoms with Crippen LogP contribution >= 0.6 is 12.4 Å². The van der Waals surface area contributed by atoms with Crippen molar-refractivity contribution in [1.82, 2.24) is 5.32 Å². The molecule has 1 heterocycles. The summed E-state index contributed by atoms with van der Waals surface area (Å²) in [4.78, 5) is 0. The van der Waals surface area contributed by atoms with Crippen LogP contribution in [0.4, 0.5) is 0 Å². The Bertz CT molecular complexity index is 538. The molecule has 96 valence electrons. The van der Waals surface area contributed by atoms with Crippen LogP contribution in [0.2, 0.25) is 0 Å². The third-order valence-corrected chi connectivity index (χ3v) is 3.22. The molecule has 0 aromatic heterocycles. The average molecular weight is 266 g/mol. The Morgan fingerprint density at radius 1 is 1.17 bits per heavy atom. The third-order valence-electron chi connectivity index (χ3n) is 3.22. The molecular formula is C14H16ClNO2. The van der Waals surface area contributed by atoms with Gasteiger partial charge in [-0.15, -0.1) is 12.4 Å². The normalized spacial score (nSPS) is 19.4. The first kappa shape index (κ1) is 13.1. The van der Waals surface area contributed by atoms with Crippen LogP contribution in [0.25, 0.3) is 10.8 Å². The standard InChI is InChI=1S/C14H15NO2.ClH/c16-13-6-5-10-3-1-2-4-11(10)14(13)12-9-17-8-7-15-12;/h1-6,12,15-16H,7-9H2;1H/t12-;/m0./s1. The van der Waals surface area contributed by atoms with Crippen LogP contribution in [0, 0.1) is 0 Å². The van der Waals surface area contributed by atoms with Crippen LogP contribution in [0.15, 0.2) is 36.4 Å². The van der Waals surface area contributed by atoms with E-state index in [-0.39, 0.29) is 18.4 Å². The molecule has 1 aliphatic rings. The maximum atomic E-state index is 10.1. The van der Waals surface area contributed by atoms with Gasteiger partial charge < -0.3 is 15.2 Å². The largest absolute Gasteiger partial charge is 0.508 e. The van der Waals surface area contributed by atoms with E-state index >= 15 is 0 Å². The summed E-state index contributed by atoms with van der Waals surface area (Å²) in [5.74, 6) is 0.340. The van der Waals surface area contributed by atoms with Crippen LogP contribution < -0.4 is 5.32 Å². The number of aromatic hydroxyl groups is 1. The van der Waals surface area contributed by atoms with Gasteiger partial charge in [-0.1, -0.05) is 30.3 Å². The molecule has 1 atom stereocenters. The minimum atomic E-state index is 0. The van der Waals surface area contributed by atoms with Crippen molar-refractivity contribution in [2.24, 2.45) is 0 Å². The summed E-state index contributed by atoms with van der Waals surface area (Å²) in [5, 5.41) is 15.7. The van der Waals surface area contributed by atoms with E-state index in [9.17, 15) is 5.11 Å². The fourth-order valence-corrected chi connectivity index (χ4v) is 2.40. The van der Waals surface area contributed by atoms with Crippen molar-refractivity contribution in [3.63, 3.8) is 0 Å². The summed E-state index contributed by atoms with van der Waals surface area (Å²) in [7, 11) is 0. The van der Waals surface area contributed by atoms with E-state index in [1.807, 2.05) is 24.3 Å². The topological polar surface area (TPSA) is 41.5 Å². The minimum absolute atomic E-state index is 0. The molecule has 0 amide bonds. The van der Waals surface area contributed by atoms with Crippen molar-refractivity contribution in [2.75, 3.05) is 19.8 Å². The third kappa shape index (κ3) is 2.29. The second-order valence-electron chi connectivity index (χ2n) is 4.30. The highest BCUT2D eigenvalue weighted by Gasteiger charge is 2.20. The molecule has 0 aliphatic carbocycles. The number of hydrogen-bond acceptors (Lipinski definition) is 3. The van der Waals surface area contributed by atoms with E-state index in [1.54, 1.807) is 6.07 Å². The SMILES string of the molecule is Cl.Oc1ccc2ccccc2c1[C@@H]1COCCN1. The molecule has 0 bridgehead atoms. The lowest BCUT2D eigenvalue weighted by Gasteiger charge is -2.26. The van der Waals surface area contributed by atoms with Gasteiger partial charge in [-0.05, 0) is 16.8 Å². The van der Waals surface area contributed by atoms with Crippen molar-refractivity contribution in [1.29, 1.82) is 0 Å². The molecule has 1 aliphatic heterocycles. The zero-order valence-corrected chi connectivity index (χ0v) is 10.7. The van der Waals surface area contributed by atoms with Crippen molar-refractivity contribution in [3.05, 3.63) is 42.0 Å². The molecular weight excluding hydrogens is 250 g/mol. The minimum Gasteiger partial charge on any atom is -0.508 e. The van der Waals surface area contributed by atoms with E-state index in [1.165, 1.54) is 0 Å². The lowest BCUT2D eigenvalue weighted by atomic mass is 9.97. The number of phenols is 1. The number of rotatable bonds is 1. The van der Waals surface area contributed by atoms with Crippen molar-refractivity contribution in [2.45, 2.75) is 6.04 Å². The maximum Gasteiger partial charge on any atom is 0.121 e. The quantitative estimate of drug-likeness (QED) is 0.833. The number of hydrogen-bond donors (Lipinski definition) is 2. The number of halogens is 1. The average Bonchev–Trinajstić information content (AvgIpc) is 2.39. The van der Waals surface area contributed by atoms with Crippen LogP contribution in [0.1, 0.15) is 11.6 Å². The maximum absolute atomic E-state index is 10.1. The molecule has 2 aromatic carbocycles. The van der Waals surface area contributed by atoms with Gasteiger partial charge in [0.15, 0.2) is 0 Å². The van der Waals surface area contributed by atoms with E-state index in [0.29, 0.717) is 12.4 Å². The number of morpholine rings is 1. The first-order chi connectivity index (χ1) is 8.36. The predicted octanol–water partition coefficient (Wildman–Crippen LogP) is 2.63. The number of phenolic OH excluding ortho intramolecular Hbond substituents is 1. The second-order valence-corrected chi connectivity index (χ2v) is 4.30. The molecule has 2 aromatic rings. The first-order valence-corrected chi connectivity index (χ1v) is 5.88. The molecule has 1 fully saturated rings. The zero-order valence-electron chi connectivity index (χ0n) is 9.93. The van der Waals surface area contributed by atoms with E-state index in [0.717, 1.165) is 29.5 Å². The summed E-state index contributed by atoms with van der Waals surface area (Å²) < 4.78 is 5.47. The van der Waals surface area contributed by atoms with Gasteiger partial charge in [-0.3, -0.25) is 0 Å². The molecule has 0 radical (unpaired) electrons. The van der Waals surface area contributed by atoms with Gasteiger partial charge in [0.1, 0.15) is 5.75 Å². The number of benzene rings is 2.